The van der Waals surface area contributed by atoms with Gasteiger partial charge in [-0.05, 0) is 16.8 Å². The molecule has 2 rings (SSSR count). The Labute approximate surface area is 89.3 Å². The van der Waals surface area contributed by atoms with E-state index >= 15 is 0 Å². The third-order valence-electron chi connectivity index (χ3n) is 2.13. The fourth-order valence-corrected chi connectivity index (χ4v) is 2.03. The maximum atomic E-state index is 10.8. The molecule has 0 saturated carbocycles. The monoisotopic (exact) mass is 250 g/mol. The van der Waals surface area contributed by atoms with Gasteiger partial charge < -0.3 is 5.11 Å². The topological polar surface area (TPSA) is 37.3 Å². The minimum atomic E-state index is 0.00516. The molecule has 0 bridgehead atoms. The van der Waals surface area contributed by atoms with Gasteiger partial charge in [0.25, 0.3) is 0 Å². The summed E-state index contributed by atoms with van der Waals surface area (Å²) in [5, 5.41) is 11.2. The highest BCUT2D eigenvalue weighted by Crippen LogP contribution is 2.32. The summed E-state index contributed by atoms with van der Waals surface area (Å²) < 4.78 is 0.788. The van der Waals surface area contributed by atoms with Gasteiger partial charge in [0, 0.05) is 4.47 Å². The first-order valence-corrected chi connectivity index (χ1v) is 4.88. The summed E-state index contributed by atoms with van der Waals surface area (Å²) in [5.41, 5.74) is 0.337. The van der Waals surface area contributed by atoms with Gasteiger partial charge in [-0.15, -0.1) is 0 Å². The maximum Gasteiger partial charge on any atom is 0.154 e. The molecule has 0 aliphatic rings. The van der Waals surface area contributed by atoms with Crippen molar-refractivity contribution in [2.24, 2.45) is 0 Å². The van der Waals surface area contributed by atoms with E-state index in [2.05, 4.69) is 15.9 Å². The molecular weight excluding hydrogens is 244 g/mol. The van der Waals surface area contributed by atoms with Crippen LogP contribution in [0, 0.1) is 0 Å². The van der Waals surface area contributed by atoms with Gasteiger partial charge in [0.05, 0.1) is 5.56 Å². The Morgan fingerprint density at radius 3 is 2.50 bits per heavy atom. The fourth-order valence-electron chi connectivity index (χ4n) is 1.46. The van der Waals surface area contributed by atoms with Gasteiger partial charge in [0.15, 0.2) is 6.29 Å². The van der Waals surface area contributed by atoms with Crippen molar-refractivity contribution < 1.29 is 9.90 Å². The smallest absolute Gasteiger partial charge is 0.154 e. The number of carbonyl (C=O) groups is 1. The zero-order valence-corrected chi connectivity index (χ0v) is 8.78. The van der Waals surface area contributed by atoms with Crippen LogP contribution in [0.4, 0.5) is 0 Å². The predicted octanol–water partition coefficient (Wildman–Crippen LogP) is 3.12. The van der Waals surface area contributed by atoms with Crippen LogP contribution in [0.25, 0.3) is 10.8 Å². The van der Waals surface area contributed by atoms with Crippen molar-refractivity contribution in [2.75, 3.05) is 0 Å². The Kier molecular flexibility index (Phi) is 2.25. The summed E-state index contributed by atoms with van der Waals surface area (Å²) >= 11 is 3.34. The van der Waals surface area contributed by atoms with Crippen LogP contribution in [0.5, 0.6) is 5.75 Å². The first kappa shape index (κ1) is 9.21. The van der Waals surface area contributed by atoms with Gasteiger partial charge in [0.1, 0.15) is 5.75 Å². The third-order valence-corrected chi connectivity index (χ3v) is 2.79. The van der Waals surface area contributed by atoms with Crippen molar-refractivity contribution in [1.29, 1.82) is 0 Å². The molecule has 0 amide bonds. The normalized spacial score (nSPS) is 10.4. The molecule has 0 saturated heterocycles. The van der Waals surface area contributed by atoms with E-state index in [0.717, 1.165) is 15.2 Å². The van der Waals surface area contributed by atoms with E-state index in [-0.39, 0.29) is 5.75 Å². The van der Waals surface area contributed by atoms with Gasteiger partial charge >= 0.3 is 0 Å². The Balaban J connectivity index is 2.97. The van der Waals surface area contributed by atoms with Crippen molar-refractivity contribution in [3.63, 3.8) is 0 Å². The average Bonchev–Trinajstić information content (AvgIpc) is 2.18. The van der Waals surface area contributed by atoms with Crippen molar-refractivity contribution in [2.45, 2.75) is 0 Å². The van der Waals surface area contributed by atoms with Gasteiger partial charge in [0.2, 0.25) is 0 Å². The van der Waals surface area contributed by atoms with Gasteiger partial charge in [-0.25, -0.2) is 0 Å². The standard InChI is InChI=1S/C11H7BrO2/c12-10-5-11(14)9(6-13)7-3-1-2-4-8(7)10/h1-6,14H. The second-order valence-electron chi connectivity index (χ2n) is 2.95. The highest BCUT2D eigenvalue weighted by atomic mass is 79.9. The number of aromatic hydroxyl groups is 1. The van der Waals surface area contributed by atoms with Crippen LogP contribution in [-0.4, -0.2) is 11.4 Å². The molecule has 3 heteroatoms. The molecule has 0 radical (unpaired) electrons. The SMILES string of the molecule is O=Cc1c(O)cc(Br)c2ccccc12. The van der Waals surface area contributed by atoms with Crippen LogP contribution in [0.1, 0.15) is 10.4 Å². The number of fused-ring (bicyclic) bond motifs is 1. The molecule has 1 N–H and O–H groups in total. The summed E-state index contributed by atoms with van der Waals surface area (Å²) in [4.78, 5) is 10.8. The van der Waals surface area contributed by atoms with Crippen LogP contribution >= 0.6 is 15.9 Å². The zero-order chi connectivity index (χ0) is 10.1. The molecule has 0 aliphatic carbocycles. The molecule has 0 spiro atoms. The van der Waals surface area contributed by atoms with Crippen LogP contribution < -0.4 is 0 Å². The van der Waals surface area contributed by atoms with E-state index in [1.807, 2.05) is 24.3 Å². The molecule has 2 nitrogen and oxygen atoms in total. The van der Waals surface area contributed by atoms with Gasteiger partial charge in [-0.3, -0.25) is 4.79 Å². The lowest BCUT2D eigenvalue weighted by molar-refractivity contribution is 0.112. The lowest BCUT2D eigenvalue weighted by Gasteiger charge is -2.05. The van der Waals surface area contributed by atoms with Crippen LogP contribution in [-0.2, 0) is 0 Å². The van der Waals surface area contributed by atoms with Gasteiger partial charge in [-0.1, -0.05) is 40.2 Å². The Morgan fingerprint density at radius 1 is 1.21 bits per heavy atom. The van der Waals surface area contributed by atoms with Crippen LogP contribution in [0.3, 0.4) is 0 Å². The van der Waals surface area contributed by atoms with Crippen LogP contribution in [0.2, 0.25) is 0 Å². The first-order chi connectivity index (χ1) is 6.74. The summed E-state index contributed by atoms with van der Waals surface area (Å²) in [6, 6.07) is 8.96. The first-order valence-electron chi connectivity index (χ1n) is 4.09. The maximum absolute atomic E-state index is 10.8. The molecule has 2 aromatic carbocycles. The largest absolute Gasteiger partial charge is 0.507 e. The highest BCUT2D eigenvalue weighted by Gasteiger charge is 2.08. The number of phenolic OH excluding ortho intramolecular Hbond substituents is 1. The number of benzene rings is 2. The third kappa shape index (κ3) is 1.30. The molecule has 70 valence electrons. The fraction of sp³-hybridized carbons (Fsp3) is 0. The molecule has 14 heavy (non-hydrogen) atoms. The highest BCUT2D eigenvalue weighted by molar-refractivity contribution is 9.10. The summed E-state index contributed by atoms with van der Waals surface area (Å²) in [5.74, 6) is 0.00516. The van der Waals surface area contributed by atoms with E-state index in [4.69, 9.17) is 0 Å². The Bertz CT molecular complexity index is 506. The van der Waals surface area contributed by atoms with Gasteiger partial charge in [-0.2, -0.15) is 0 Å². The number of rotatable bonds is 1. The average molecular weight is 251 g/mol. The number of carbonyl (C=O) groups excluding carboxylic acids is 1. The quantitative estimate of drug-likeness (QED) is 0.790. The van der Waals surface area contributed by atoms with Crippen molar-refractivity contribution in [3.8, 4) is 5.75 Å². The van der Waals surface area contributed by atoms with Crippen LogP contribution in [0.15, 0.2) is 34.8 Å². The second-order valence-corrected chi connectivity index (χ2v) is 3.81. The number of halogens is 1. The minimum Gasteiger partial charge on any atom is -0.507 e. The molecule has 0 heterocycles. The molecule has 0 unspecified atom stereocenters. The second kappa shape index (κ2) is 3.42. The molecule has 2 aromatic rings. The minimum absolute atomic E-state index is 0.00516. The van der Waals surface area contributed by atoms with Crippen molar-refractivity contribution in [1.82, 2.24) is 0 Å². The Hall–Kier alpha value is -1.35. The molecule has 0 aliphatic heterocycles. The van der Waals surface area contributed by atoms with E-state index < -0.39 is 0 Å². The molecule has 0 fully saturated rings. The van der Waals surface area contributed by atoms with Crippen molar-refractivity contribution >= 4 is 33.0 Å². The number of phenols is 1. The zero-order valence-electron chi connectivity index (χ0n) is 7.20. The van der Waals surface area contributed by atoms with E-state index in [1.165, 1.54) is 6.07 Å². The molecule has 0 atom stereocenters. The number of aldehydes is 1. The van der Waals surface area contributed by atoms with E-state index in [9.17, 15) is 9.90 Å². The summed E-state index contributed by atoms with van der Waals surface area (Å²) in [6.45, 7) is 0. The lowest BCUT2D eigenvalue weighted by Crippen LogP contribution is -1.85. The number of hydrogen-bond donors (Lipinski definition) is 1. The summed E-state index contributed by atoms with van der Waals surface area (Å²) in [7, 11) is 0. The van der Waals surface area contributed by atoms with E-state index in [0.29, 0.717) is 11.8 Å². The predicted molar refractivity (Wildman–Crippen MR) is 58.7 cm³/mol. The molecular formula is C11H7BrO2. The summed E-state index contributed by atoms with van der Waals surface area (Å²) in [6.07, 6.45) is 0.671. The lowest BCUT2D eigenvalue weighted by atomic mass is 10.0. The Morgan fingerprint density at radius 2 is 1.86 bits per heavy atom. The number of hydrogen-bond acceptors (Lipinski definition) is 2. The molecule has 0 aromatic heterocycles. The van der Waals surface area contributed by atoms with Crippen molar-refractivity contribution in [3.05, 3.63) is 40.4 Å². The van der Waals surface area contributed by atoms with E-state index in [1.54, 1.807) is 0 Å².